The molecular weight excluding hydrogens is 328 g/mol. The normalized spacial score (nSPS) is 19.6. The molecule has 1 aliphatic carbocycles. The maximum Gasteiger partial charge on any atom is 0.341 e. The number of hydrogen-bond donors (Lipinski definition) is 3. The van der Waals surface area contributed by atoms with E-state index in [1.165, 1.54) is 20.0 Å². The molecule has 138 valence electrons. The lowest BCUT2D eigenvalue weighted by molar-refractivity contribution is 0.0601. The molecule has 0 radical (unpaired) electrons. The lowest BCUT2D eigenvalue weighted by Crippen LogP contribution is -2.42. The van der Waals surface area contributed by atoms with Crippen molar-refractivity contribution in [3.63, 3.8) is 0 Å². The molecule has 0 spiro atoms. The van der Waals surface area contributed by atoms with Crippen molar-refractivity contribution in [1.82, 2.24) is 4.98 Å². The highest BCUT2D eigenvalue weighted by atomic mass is 16.5. The molecule has 3 rings (SSSR count). The van der Waals surface area contributed by atoms with Crippen LogP contribution in [0.1, 0.15) is 41.6 Å². The van der Waals surface area contributed by atoms with Crippen molar-refractivity contribution in [2.24, 2.45) is 5.73 Å². The molecule has 1 unspecified atom stereocenters. The number of rotatable bonds is 6. The number of nitrogens with zero attached hydrogens (tertiary/aromatic N) is 1. The molecule has 6 heteroatoms. The van der Waals surface area contributed by atoms with Crippen molar-refractivity contribution >= 4 is 17.6 Å². The predicted molar refractivity (Wildman–Crippen MR) is 103 cm³/mol. The molecule has 2 aromatic rings. The van der Waals surface area contributed by atoms with Gasteiger partial charge < -0.3 is 21.1 Å². The summed E-state index contributed by atoms with van der Waals surface area (Å²) in [7, 11) is 1.37. The average molecular weight is 354 g/mol. The van der Waals surface area contributed by atoms with E-state index in [2.05, 4.69) is 15.6 Å². The molecule has 4 N–H and O–H groups in total. The lowest BCUT2D eigenvalue weighted by atomic mass is 9.91. The van der Waals surface area contributed by atoms with Crippen molar-refractivity contribution in [3.8, 4) is 0 Å². The zero-order valence-corrected chi connectivity index (χ0v) is 15.1. The standard InChI is InChI=1S/C20H26N4O2/c1-26-20(25)15-11-12-18(23-17-10-6-5-9-16(17)21)24-19(15)22-13-14-7-3-2-4-8-14/h2-4,7-8,11-12,16-17H,5-6,9-10,13,21H2,1H3,(H2,22,23,24)/t16-,17?/m0/s1. The van der Waals surface area contributed by atoms with Crippen LogP contribution in [0.15, 0.2) is 42.5 Å². The fourth-order valence-corrected chi connectivity index (χ4v) is 3.26. The topological polar surface area (TPSA) is 89.3 Å². The number of benzene rings is 1. The molecule has 1 aliphatic rings. The Bertz CT molecular complexity index is 736. The van der Waals surface area contributed by atoms with Crippen LogP contribution < -0.4 is 16.4 Å². The van der Waals surface area contributed by atoms with Crippen LogP contribution in [0.5, 0.6) is 0 Å². The Morgan fingerprint density at radius 3 is 2.69 bits per heavy atom. The Balaban J connectivity index is 1.78. The highest BCUT2D eigenvalue weighted by Gasteiger charge is 2.22. The van der Waals surface area contributed by atoms with Crippen LogP contribution in [-0.2, 0) is 11.3 Å². The molecule has 0 saturated heterocycles. The molecule has 26 heavy (non-hydrogen) atoms. The molecule has 6 nitrogen and oxygen atoms in total. The van der Waals surface area contributed by atoms with Gasteiger partial charge in [-0.3, -0.25) is 0 Å². The van der Waals surface area contributed by atoms with E-state index in [0.717, 1.165) is 24.2 Å². The fourth-order valence-electron chi connectivity index (χ4n) is 3.26. The Morgan fingerprint density at radius 2 is 1.96 bits per heavy atom. The second kappa shape index (κ2) is 8.67. The first-order chi connectivity index (χ1) is 12.7. The number of carbonyl (C=O) groups is 1. The van der Waals surface area contributed by atoms with Gasteiger partial charge in [-0.1, -0.05) is 43.2 Å². The van der Waals surface area contributed by atoms with Crippen molar-refractivity contribution in [3.05, 3.63) is 53.6 Å². The number of ether oxygens (including phenoxy) is 1. The first-order valence-corrected chi connectivity index (χ1v) is 9.06. The highest BCUT2D eigenvalue weighted by molar-refractivity contribution is 5.94. The number of hydrogen-bond acceptors (Lipinski definition) is 6. The van der Waals surface area contributed by atoms with Gasteiger partial charge in [-0.25, -0.2) is 9.78 Å². The first kappa shape index (κ1) is 18.2. The smallest absolute Gasteiger partial charge is 0.341 e. The lowest BCUT2D eigenvalue weighted by Gasteiger charge is -2.29. The van der Waals surface area contributed by atoms with Gasteiger partial charge in [-0.2, -0.15) is 0 Å². The molecular formula is C20H26N4O2. The summed E-state index contributed by atoms with van der Waals surface area (Å²) < 4.78 is 4.88. The molecule has 1 aromatic heterocycles. The van der Waals surface area contributed by atoms with Gasteiger partial charge in [0.25, 0.3) is 0 Å². The quantitative estimate of drug-likeness (QED) is 0.691. The maximum absolute atomic E-state index is 12.1. The number of nitrogens with one attached hydrogen (secondary N) is 2. The summed E-state index contributed by atoms with van der Waals surface area (Å²) in [6.45, 7) is 0.574. The predicted octanol–water partition coefficient (Wildman–Crippen LogP) is 3.16. The monoisotopic (exact) mass is 354 g/mol. The molecule has 1 fully saturated rings. The number of methoxy groups -OCH3 is 1. The maximum atomic E-state index is 12.1. The number of nitrogens with two attached hydrogens (primary N) is 1. The summed E-state index contributed by atoms with van der Waals surface area (Å²) in [6, 6.07) is 13.9. The second-order valence-corrected chi connectivity index (χ2v) is 6.62. The first-order valence-electron chi connectivity index (χ1n) is 9.06. The largest absolute Gasteiger partial charge is 0.465 e. The third kappa shape index (κ3) is 4.52. The minimum absolute atomic E-state index is 0.131. The van der Waals surface area contributed by atoms with Gasteiger partial charge in [0.2, 0.25) is 0 Å². The van der Waals surface area contributed by atoms with Gasteiger partial charge in [-0.15, -0.1) is 0 Å². The molecule has 1 saturated carbocycles. The summed E-state index contributed by atoms with van der Waals surface area (Å²) in [5.41, 5.74) is 7.75. The third-order valence-electron chi connectivity index (χ3n) is 4.76. The van der Waals surface area contributed by atoms with Gasteiger partial charge in [0, 0.05) is 18.6 Å². The van der Waals surface area contributed by atoms with Crippen LogP contribution in [0, 0.1) is 0 Å². The van der Waals surface area contributed by atoms with Gasteiger partial charge >= 0.3 is 5.97 Å². The van der Waals surface area contributed by atoms with Crippen molar-refractivity contribution in [2.45, 2.75) is 44.3 Å². The van der Waals surface area contributed by atoms with E-state index in [-0.39, 0.29) is 12.1 Å². The Hall–Kier alpha value is -2.60. The van der Waals surface area contributed by atoms with Crippen LogP contribution in [-0.4, -0.2) is 30.1 Å². The SMILES string of the molecule is COC(=O)c1ccc(NC2CCCC[C@@H]2N)nc1NCc1ccccc1. The third-order valence-corrected chi connectivity index (χ3v) is 4.76. The number of pyridine rings is 1. The molecule has 0 aliphatic heterocycles. The van der Waals surface area contributed by atoms with Crippen LogP contribution in [0.3, 0.4) is 0 Å². The Labute approximate surface area is 154 Å². The van der Waals surface area contributed by atoms with Gasteiger partial charge in [-0.05, 0) is 30.5 Å². The minimum Gasteiger partial charge on any atom is -0.465 e. The number of anilines is 2. The number of aromatic nitrogens is 1. The van der Waals surface area contributed by atoms with Crippen LogP contribution in [0.4, 0.5) is 11.6 Å². The second-order valence-electron chi connectivity index (χ2n) is 6.62. The summed E-state index contributed by atoms with van der Waals surface area (Å²) in [5.74, 6) is 0.819. The zero-order valence-electron chi connectivity index (χ0n) is 15.1. The van der Waals surface area contributed by atoms with E-state index in [1.54, 1.807) is 12.1 Å². The van der Waals surface area contributed by atoms with Crippen molar-refractivity contribution in [1.29, 1.82) is 0 Å². The van der Waals surface area contributed by atoms with E-state index >= 15 is 0 Å². The van der Waals surface area contributed by atoms with Crippen molar-refractivity contribution in [2.75, 3.05) is 17.7 Å². The minimum atomic E-state index is -0.408. The molecule has 1 heterocycles. The van der Waals surface area contributed by atoms with Crippen LogP contribution in [0.2, 0.25) is 0 Å². The van der Waals surface area contributed by atoms with Gasteiger partial charge in [0.15, 0.2) is 0 Å². The summed E-state index contributed by atoms with van der Waals surface area (Å²) in [4.78, 5) is 16.7. The Morgan fingerprint density at radius 1 is 1.19 bits per heavy atom. The molecule has 0 bridgehead atoms. The summed E-state index contributed by atoms with van der Waals surface area (Å²) >= 11 is 0. The van der Waals surface area contributed by atoms with E-state index in [9.17, 15) is 4.79 Å². The molecule has 1 aromatic carbocycles. The van der Waals surface area contributed by atoms with Crippen LogP contribution in [0.25, 0.3) is 0 Å². The fraction of sp³-hybridized carbons (Fsp3) is 0.400. The highest BCUT2D eigenvalue weighted by Crippen LogP contribution is 2.23. The molecule has 2 atom stereocenters. The number of carbonyl (C=O) groups excluding carboxylic acids is 1. The zero-order chi connectivity index (χ0) is 18.4. The van der Waals surface area contributed by atoms with E-state index in [4.69, 9.17) is 10.5 Å². The van der Waals surface area contributed by atoms with Gasteiger partial charge in [0.05, 0.1) is 7.11 Å². The average Bonchev–Trinajstić information content (AvgIpc) is 2.68. The van der Waals surface area contributed by atoms with Crippen molar-refractivity contribution < 1.29 is 9.53 Å². The molecule has 0 amide bonds. The summed E-state index contributed by atoms with van der Waals surface area (Å²) in [6.07, 6.45) is 4.41. The Kier molecular flexibility index (Phi) is 6.07. The van der Waals surface area contributed by atoms with E-state index in [0.29, 0.717) is 17.9 Å². The van der Waals surface area contributed by atoms with E-state index < -0.39 is 5.97 Å². The number of esters is 1. The van der Waals surface area contributed by atoms with Gasteiger partial charge in [0.1, 0.15) is 17.2 Å². The van der Waals surface area contributed by atoms with Crippen LogP contribution >= 0.6 is 0 Å². The summed E-state index contributed by atoms with van der Waals surface area (Å²) in [5, 5.41) is 6.68. The van der Waals surface area contributed by atoms with E-state index in [1.807, 2.05) is 30.3 Å².